The van der Waals surface area contributed by atoms with Gasteiger partial charge in [0.15, 0.2) is 0 Å². The molecule has 3 saturated heterocycles. The van der Waals surface area contributed by atoms with E-state index in [0.717, 1.165) is 44.1 Å². The first-order chi connectivity index (χ1) is 17.4. The standard InChI is InChI=1S/C29H39N5O2/c1-19-30-28-18-31(20(2)35)12-11-29(28)34(19)26-13-24-9-10-25(14-26)33(24)16-23-15-32(21(3)36)17-27(23)22-7-5-4-6-8-22/h4-8,23-27H,9-18H2,1-3H3/t23-,24-,25+,26?,27-/m1/s1. The van der Waals surface area contributed by atoms with Gasteiger partial charge in [0.25, 0.3) is 0 Å². The zero-order chi connectivity index (χ0) is 25.0. The van der Waals surface area contributed by atoms with Crippen LogP contribution in [0.3, 0.4) is 0 Å². The van der Waals surface area contributed by atoms with E-state index in [4.69, 9.17) is 4.98 Å². The molecular formula is C29H39N5O2. The van der Waals surface area contributed by atoms with Crippen LogP contribution < -0.4 is 0 Å². The van der Waals surface area contributed by atoms with Gasteiger partial charge in [0.2, 0.25) is 11.8 Å². The molecule has 1 aromatic carbocycles. The Bertz CT molecular complexity index is 1130. The van der Waals surface area contributed by atoms with E-state index in [1.807, 2.05) is 4.90 Å². The fourth-order valence-electron chi connectivity index (χ4n) is 7.71. The summed E-state index contributed by atoms with van der Waals surface area (Å²) in [4.78, 5) is 35.9. The SMILES string of the molecule is CC(=O)N1CCc2c(nc(C)n2C2C[C@H]3CC[C@@H](C2)N3C[C@H]2CN(C(C)=O)C[C@@H]2c2ccccc2)C1. The second kappa shape index (κ2) is 9.33. The number of benzene rings is 1. The third kappa shape index (κ3) is 4.15. The lowest BCUT2D eigenvalue weighted by Gasteiger charge is -2.42. The number of carbonyl (C=O) groups is 2. The molecule has 7 heteroatoms. The van der Waals surface area contributed by atoms with Gasteiger partial charge in [-0.3, -0.25) is 14.5 Å². The fourth-order valence-corrected chi connectivity index (χ4v) is 7.71. The third-order valence-corrected chi connectivity index (χ3v) is 9.46. The summed E-state index contributed by atoms with van der Waals surface area (Å²) >= 11 is 0. The van der Waals surface area contributed by atoms with Crippen LogP contribution in [0.2, 0.25) is 0 Å². The second-order valence-corrected chi connectivity index (χ2v) is 11.5. The van der Waals surface area contributed by atoms with Crippen molar-refractivity contribution in [1.29, 1.82) is 0 Å². The average Bonchev–Trinajstić information content (AvgIpc) is 3.50. The zero-order valence-electron chi connectivity index (χ0n) is 21.9. The predicted octanol–water partition coefficient (Wildman–Crippen LogP) is 3.53. The molecule has 5 heterocycles. The summed E-state index contributed by atoms with van der Waals surface area (Å²) in [6.07, 6.45) is 5.81. The van der Waals surface area contributed by atoms with Gasteiger partial charge in [0, 0.05) is 76.2 Å². The van der Waals surface area contributed by atoms with Crippen LogP contribution >= 0.6 is 0 Å². The molecule has 0 saturated carbocycles. The molecule has 7 nitrogen and oxygen atoms in total. The maximum Gasteiger partial charge on any atom is 0.219 e. The zero-order valence-corrected chi connectivity index (χ0v) is 21.9. The van der Waals surface area contributed by atoms with E-state index in [2.05, 4.69) is 51.6 Å². The Morgan fingerprint density at radius 1 is 0.944 bits per heavy atom. The summed E-state index contributed by atoms with van der Waals surface area (Å²) in [6.45, 7) is 9.76. The van der Waals surface area contributed by atoms with Gasteiger partial charge in [0.05, 0.1) is 12.2 Å². The number of hydrogen-bond acceptors (Lipinski definition) is 4. The fraction of sp³-hybridized carbons (Fsp3) is 0.621. The predicted molar refractivity (Wildman–Crippen MR) is 138 cm³/mol. The van der Waals surface area contributed by atoms with Crippen LogP contribution in [-0.4, -0.2) is 74.3 Å². The van der Waals surface area contributed by atoms with Gasteiger partial charge in [-0.1, -0.05) is 30.3 Å². The molecule has 4 aliphatic heterocycles. The molecule has 2 bridgehead atoms. The minimum absolute atomic E-state index is 0.142. The molecule has 2 amide bonds. The molecule has 2 aromatic rings. The molecule has 0 spiro atoms. The molecule has 1 aromatic heterocycles. The molecular weight excluding hydrogens is 450 g/mol. The van der Waals surface area contributed by atoms with Crippen molar-refractivity contribution in [3.63, 3.8) is 0 Å². The van der Waals surface area contributed by atoms with Crippen LogP contribution in [-0.2, 0) is 22.6 Å². The summed E-state index contributed by atoms with van der Waals surface area (Å²) in [5.74, 6) is 2.35. The van der Waals surface area contributed by atoms with Crippen molar-refractivity contribution in [3.8, 4) is 0 Å². The van der Waals surface area contributed by atoms with E-state index in [1.54, 1.807) is 13.8 Å². The van der Waals surface area contributed by atoms with Gasteiger partial charge in [-0.25, -0.2) is 4.98 Å². The first kappa shape index (κ1) is 23.7. The summed E-state index contributed by atoms with van der Waals surface area (Å²) in [7, 11) is 0. The summed E-state index contributed by atoms with van der Waals surface area (Å²) in [6, 6.07) is 12.5. The molecule has 5 atom stereocenters. The topological polar surface area (TPSA) is 61.7 Å². The Morgan fingerprint density at radius 3 is 2.31 bits per heavy atom. The Morgan fingerprint density at radius 2 is 1.64 bits per heavy atom. The van der Waals surface area contributed by atoms with Crippen molar-refractivity contribution >= 4 is 11.8 Å². The van der Waals surface area contributed by atoms with Crippen LogP contribution in [0.15, 0.2) is 30.3 Å². The van der Waals surface area contributed by atoms with E-state index in [0.29, 0.717) is 36.5 Å². The number of aromatic nitrogens is 2. The Hall–Kier alpha value is -2.67. The molecule has 4 aliphatic rings. The summed E-state index contributed by atoms with van der Waals surface area (Å²) in [5.41, 5.74) is 3.83. The average molecular weight is 490 g/mol. The molecule has 0 N–H and O–H groups in total. The number of fused-ring (bicyclic) bond motifs is 3. The maximum atomic E-state index is 12.3. The van der Waals surface area contributed by atoms with Crippen molar-refractivity contribution in [2.75, 3.05) is 26.2 Å². The van der Waals surface area contributed by atoms with Gasteiger partial charge in [-0.15, -0.1) is 0 Å². The number of likely N-dealkylation sites (tertiary alicyclic amines) is 1. The number of rotatable bonds is 4. The largest absolute Gasteiger partial charge is 0.342 e. The van der Waals surface area contributed by atoms with Crippen molar-refractivity contribution in [2.45, 2.75) is 83.5 Å². The van der Waals surface area contributed by atoms with Crippen molar-refractivity contribution in [2.24, 2.45) is 5.92 Å². The number of piperidine rings is 1. The highest BCUT2D eigenvalue weighted by molar-refractivity contribution is 5.74. The van der Waals surface area contributed by atoms with E-state index >= 15 is 0 Å². The van der Waals surface area contributed by atoms with Gasteiger partial charge in [-0.2, -0.15) is 0 Å². The number of carbonyl (C=O) groups excluding carboxylic acids is 2. The Balaban J connectivity index is 1.19. The van der Waals surface area contributed by atoms with Crippen LogP contribution in [0.4, 0.5) is 0 Å². The highest BCUT2D eigenvalue weighted by atomic mass is 16.2. The molecule has 192 valence electrons. The van der Waals surface area contributed by atoms with Crippen LogP contribution in [0.1, 0.15) is 74.3 Å². The van der Waals surface area contributed by atoms with E-state index in [9.17, 15) is 9.59 Å². The molecule has 0 aliphatic carbocycles. The van der Waals surface area contributed by atoms with Gasteiger partial charge in [0.1, 0.15) is 5.82 Å². The highest BCUT2D eigenvalue weighted by Crippen LogP contribution is 2.44. The first-order valence-electron chi connectivity index (χ1n) is 13.8. The van der Waals surface area contributed by atoms with Gasteiger partial charge in [-0.05, 0) is 44.1 Å². The lowest BCUT2D eigenvalue weighted by molar-refractivity contribution is -0.130. The molecule has 1 unspecified atom stereocenters. The quantitative estimate of drug-likeness (QED) is 0.659. The third-order valence-electron chi connectivity index (χ3n) is 9.46. The number of imidazole rings is 1. The summed E-state index contributed by atoms with van der Waals surface area (Å²) in [5, 5.41) is 0. The molecule has 36 heavy (non-hydrogen) atoms. The Labute approximate surface area is 214 Å². The minimum Gasteiger partial charge on any atom is -0.342 e. The van der Waals surface area contributed by atoms with E-state index < -0.39 is 0 Å². The van der Waals surface area contributed by atoms with Crippen molar-refractivity contribution < 1.29 is 9.59 Å². The van der Waals surface area contributed by atoms with Crippen LogP contribution in [0, 0.1) is 12.8 Å². The number of aryl methyl sites for hydroxylation is 1. The number of hydrogen-bond donors (Lipinski definition) is 0. The molecule has 0 radical (unpaired) electrons. The minimum atomic E-state index is 0.142. The molecule has 3 fully saturated rings. The van der Waals surface area contributed by atoms with Gasteiger partial charge >= 0.3 is 0 Å². The monoisotopic (exact) mass is 489 g/mol. The second-order valence-electron chi connectivity index (χ2n) is 11.5. The normalized spacial score (nSPS) is 30.0. The van der Waals surface area contributed by atoms with Crippen LogP contribution in [0.5, 0.6) is 0 Å². The van der Waals surface area contributed by atoms with Crippen molar-refractivity contribution in [3.05, 3.63) is 53.1 Å². The molecule has 6 rings (SSSR count). The summed E-state index contributed by atoms with van der Waals surface area (Å²) < 4.78 is 2.54. The number of nitrogens with zero attached hydrogens (tertiary/aromatic N) is 5. The highest BCUT2D eigenvalue weighted by Gasteiger charge is 2.45. The van der Waals surface area contributed by atoms with Gasteiger partial charge < -0.3 is 14.4 Å². The Kier molecular flexibility index (Phi) is 6.14. The van der Waals surface area contributed by atoms with Crippen molar-refractivity contribution in [1.82, 2.24) is 24.3 Å². The number of amides is 2. The maximum absolute atomic E-state index is 12.3. The van der Waals surface area contributed by atoms with E-state index in [1.165, 1.54) is 36.9 Å². The lowest BCUT2D eigenvalue weighted by atomic mass is 9.87. The lowest BCUT2D eigenvalue weighted by Crippen LogP contribution is -2.47. The van der Waals surface area contributed by atoms with E-state index in [-0.39, 0.29) is 11.8 Å². The smallest absolute Gasteiger partial charge is 0.219 e. The first-order valence-corrected chi connectivity index (χ1v) is 13.8. The van der Waals surface area contributed by atoms with Crippen LogP contribution in [0.25, 0.3) is 0 Å².